The molecule has 2 unspecified atom stereocenters. The second-order valence-electron chi connectivity index (χ2n) is 7.64. The number of hydrogen-bond acceptors (Lipinski definition) is 6. The molecule has 0 fully saturated rings. The highest BCUT2D eigenvalue weighted by molar-refractivity contribution is 7.80. The van der Waals surface area contributed by atoms with Crippen LogP contribution in [0.1, 0.15) is 18.1 Å². The topological polar surface area (TPSA) is 89.3 Å². The van der Waals surface area contributed by atoms with E-state index in [0.717, 1.165) is 22.4 Å². The summed E-state index contributed by atoms with van der Waals surface area (Å²) in [5.41, 5.74) is 10.6. The summed E-state index contributed by atoms with van der Waals surface area (Å²) in [6.07, 6.45) is -0.725. The number of thiol groups is 1. The second-order valence-corrected chi connectivity index (χ2v) is 8.01. The Hall–Kier alpha value is -3.03. The zero-order chi connectivity index (χ0) is 22.9. The summed E-state index contributed by atoms with van der Waals surface area (Å²) in [4.78, 5) is 17.4. The smallest absolute Gasteiger partial charge is 0.261 e. The van der Waals surface area contributed by atoms with Crippen LogP contribution < -0.4 is 21.1 Å². The van der Waals surface area contributed by atoms with Gasteiger partial charge in [0.1, 0.15) is 0 Å². The van der Waals surface area contributed by atoms with Crippen molar-refractivity contribution in [1.29, 1.82) is 0 Å². The lowest BCUT2D eigenvalue weighted by Gasteiger charge is -2.19. The summed E-state index contributed by atoms with van der Waals surface area (Å²) >= 11 is 4.23. The van der Waals surface area contributed by atoms with Crippen LogP contribution in [0.25, 0.3) is 11.3 Å². The number of nitrogens with two attached hydrogens (primary N) is 1. The van der Waals surface area contributed by atoms with Crippen molar-refractivity contribution < 1.29 is 9.53 Å². The fourth-order valence-electron chi connectivity index (χ4n) is 3.10. The lowest BCUT2D eigenvalue weighted by Crippen LogP contribution is -2.36. The molecule has 0 aliphatic rings. The third-order valence-electron chi connectivity index (χ3n) is 5.09. The normalized spacial score (nSPS) is 12.6. The molecular formula is C25H30N4O2S. The van der Waals surface area contributed by atoms with Gasteiger partial charge in [-0.25, -0.2) is 4.98 Å². The van der Waals surface area contributed by atoms with Crippen molar-refractivity contribution in [2.75, 3.05) is 17.6 Å². The summed E-state index contributed by atoms with van der Waals surface area (Å²) in [7, 11) is 0. The average molecular weight is 451 g/mol. The van der Waals surface area contributed by atoms with Gasteiger partial charge in [-0.1, -0.05) is 54.6 Å². The van der Waals surface area contributed by atoms with Crippen LogP contribution in [0.15, 0.2) is 66.7 Å². The monoisotopic (exact) mass is 450 g/mol. The Morgan fingerprint density at radius 1 is 1.09 bits per heavy atom. The Morgan fingerprint density at radius 2 is 1.81 bits per heavy atom. The maximum Gasteiger partial charge on any atom is 0.261 e. The van der Waals surface area contributed by atoms with Crippen LogP contribution in [-0.2, 0) is 11.3 Å². The van der Waals surface area contributed by atoms with Gasteiger partial charge in [-0.05, 0) is 37.1 Å². The molecule has 0 saturated carbocycles. The summed E-state index contributed by atoms with van der Waals surface area (Å²) < 4.78 is 6.01. The number of anilines is 1. The molecule has 2 atom stereocenters. The molecule has 0 radical (unpaired) electrons. The van der Waals surface area contributed by atoms with E-state index in [2.05, 4.69) is 28.2 Å². The van der Waals surface area contributed by atoms with E-state index < -0.39 is 6.10 Å². The van der Waals surface area contributed by atoms with Crippen LogP contribution in [0.4, 0.5) is 5.69 Å². The summed E-state index contributed by atoms with van der Waals surface area (Å²) in [5.74, 6) is 0.700. The number of amides is 1. The van der Waals surface area contributed by atoms with Crippen LogP contribution in [0.2, 0.25) is 0 Å². The van der Waals surface area contributed by atoms with Gasteiger partial charge in [-0.15, -0.1) is 0 Å². The number of hydrogen-bond donors (Lipinski definition) is 4. The van der Waals surface area contributed by atoms with E-state index in [4.69, 9.17) is 10.5 Å². The number of pyridine rings is 1. The standard InChI is InChI=1S/C25H30N4O2S/c1-17-8-6-7-11-20(17)14-28-24(30)18(2)31-25-23(27-15-21(26)16-32)13-12-22(29-25)19-9-4-3-5-10-19/h3-13,18,21,27,32H,14-16,26H2,1-2H3,(H,28,30). The number of carbonyl (C=O) groups is 1. The number of rotatable bonds is 10. The molecule has 6 nitrogen and oxygen atoms in total. The van der Waals surface area contributed by atoms with Crippen LogP contribution in [-0.4, -0.2) is 35.3 Å². The van der Waals surface area contributed by atoms with E-state index in [9.17, 15) is 4.79 Å². The van der Waals surface area contributed by atoms with Crippen LogP contribution in [0, 0.1) is 6.92 Å². The number of nitrogens with one attached hydrogen (secondary N) is 2. The molecule has 0 bridgehead atoms. The van der Waals surface area contributed by atoms with Gasteiger partial charge in [0.2, 0.25) is 5.88 Å². The van der Waals surface area contributed by atoms with Crippen molar-refractivity contribution in [3.05, 3.63) is 77.9 Å². The number of nitrogens with zero attached hydrogens (tertiary/aromatic N) is 1. The Labute approximate surface area is 195 Å². The molecular weight excluding hydrogens is 420 g/mol. The van der Waals surface area contributed by atoms with Gasteiger partial charge in [-0.2, -0.15) is 12.6 Å². The molecule has 7 heteroatoms. The Bertz CT molecular complexity index is 1030. The quantitative estimate of drug-likeness (QED) is 0.353. The molecule has 3 aromatic rings. The van der Waals surface area contributed by atoms with Crippen molar-refractivity contribution in [2.45, 2.75) is 32.5 Å². The van der Waals surface area contributed by atoms with Crippen molar-refractivity contribution in [1.82, 2.24) is 10.3 Å². The van der Waals surface area contributed by atoms with Gasteiger partial charge in [-0.3, -0.25) is 4.79 Å². The molecule has 1 amide bonds. The first kappa shape index (κ1) is 23.6. The van der Waals surface area contributed by atoms with Crippen LogP contribution in [0.5, 0.6) is 5.88 Å². The molecule has 168 valence electrons. The number of ether oxygens (including phenoxy) is 1. The SMILES string of the molecule is Cc1ccccc1CNC(=O)C(C)Oc1nc(-c2ccccc2)ccc1NCC(N)CS. The predicted octanol–water partition coefficient (Wildman–Crippen LogP) is 3.81. The van der Waals surface area contributed by atoms with Gasteiger partial charge >= 0.3 is 0 Å². The molecule has 2 aromatic carbocycles. The Morgan fingerprint density at radius 3 is 2.53 bits per heavy atom. The predicted molar refractivity (Wildman–Crippen MR) is 133 cm³/mol. The number of benzene rings is 2. The third-order valence-corrected chi connectivity index (χ3v) is 5.56. The first-order valence-electron chi connectivity index (χ1n) is 10.6. The van der Waals surface area contributed by atoms with E-state index in [0.29, 0.717) is 30.4 Å². The Kier molecular flexibility index (Phi) is 8.53. The lowest BCUT2D eigenvalue weighted by atomic mass is 10.1. The van der Waals surface area contributed by atoms with Gasteiger partial charge in [0.15, 0.2) is 6.10 Å². The highest BCUT2D eigenvalue weighted by atomic mass is 32.1. The largest absolute Gasteiger partial charge is 0.463 e. The van der Waals surface area contributed by atoms with Gasteiger partial charge in [0.25, 0.3) is 5.91 Å². The Balaban J connectivity index is 1.75. The second kappa shape index (κ2) is 11.5. The molecule has 32 heavy (non-hydrogen) atoms. The minimum atomic E-state index is -0.725. The lowest BCUT2D eigenvalue weighted by molar-refractivity contribution is -0.127. The minimum absolute atomic E-state index is 0.116. The molecule has 3 rings (SSSR count). The number of aryl methyl sites for hydroxylation is 1. The summed E-state index contributed by atoms with van der Waals surface area (Å²) in [6, 6.07) is 21.5. The molecule has 1 heterocycles. The van der Waals surface area contributed by atoms with Crippen molar-refractivity contribution in [3.8, 4) is 17.1 Å². The summed E-state index contributed by atoms with van der Waals surface area (Å²) in [5, 5.41) is 6.20. The van der Waals surface area contributed by atoms with E-state index in [1.165, 1.54) is 0 Å². The van der Waals surface area contributed by atoms with Gasteiger partial charge < -0.3 is 21.1 Å². The van der Waals surface area contributed by atoms with Crippen molar-refractivity contribution in [2.24, 2.45) is 5.73 Å². The van der Waals surface area contributed by atoms with E-state index in [1.54, 1.807) is 6.92 Å². The van der Waals surface area contributed by atoms with Crippen molar-refractivity contribution in [3.63, 3.8) is 0 Å². The number of aromatic nitrogens is 1. The summed E-state index contributed by atoms with van der Waals surface area (Å²) in [6.45, 7) is 4.69. The highest BCUT2D eigenvalue weighted by Gasteiger charge is 2.18. The highest BCUT2D eigenvalue weighted by Crippen LogP contribution is 2.28. The minimum Gasteiger partial charge on any atom is -0.463 e. The van der Waals surface area contributed by atoms with E-state index in [1.807, 2.05) is 73.7 Å². The molecule has 1 aromatic heterocycles. The fourth-order valence-corrected chi connectivity index (χ4v) is 3.22. The van der Waals surface area contributed by atoms with E-state index in [-0.39, 0.29) is 11.9 Å². The first-order valence-corrected chi connectivity index (χ1v) is 11.3. The maximum atomic E-state index is 12.7. The van der Waals surface area contributed by atoms with Gasteiger partial charge in [0.05, 0.1) is 11.4 Å². The number of carbonyl (C=O) groups excluding carboxylic acids is 1. The van der Waals surface area contributed by atoms with Crippen molar-refractivity contribution >= 4 is 24.2 Å². The third kappa shape index (κ3) is 6.48. The van der Waals surface area contributed by atoms with Crippen LogP contribution in [0.3, 0.4) is 0 Å². The molecule has 0 spiro atoms. The van der Waals surface area contributed by atoms with Gasteiger partial charge in [0, 0.05) is 30.4 Å². The first-order chi connectivity index (χ1) is 15.5. The average Bonchev–Trinajstić information content (AvgIpc) is 2.82. The van der Waals surface area contributed by atoms with Crippen LogP contribution >= 0.6 is 12.6 Å². The molecule has 0 aliphatic carbocycles. The molecule has 4 N–H and O–H groups in total. The zero-order valence-corrected chi connectivity index (χ0v) is 19.3. The maximum absolute atomic E-state index is 12.7. The zero-order valence-electron chi connectivity index (χ0n) is 18.4. The fraction of sp³-hybridized carbons (Fsp3) is 0.280. The molecule has 0 saturated heterocycles. The molecule has 0 aliphatic heterocycles. The van der Waals surface area contributed by atoms with E-state index >= 15 is 0 Å².